The van der Waals surface area contributed by atoms with Crippen molar-refractivity contribution in [2.24, 2.45) is 52.1 Å². The van der Waals surface area contributed by atoms with Gasteiger partial charge in [0.05, 0.1) is 23.8 Å². The lowest BCUT2D eigenvalue weighted by Crippen LogP contribution is -2.62. The van der Waals surface area contributed by atoms with Gasteiger partial charge < -0.3 is 26.2 Å². The molecule has 6 N–H and O–H groups in total. The van der Waals surface area contributed by atoms with Crippen LogP contribution in [0.3, 0.4) is 0 Å². The lowest BCUT2D eigenvalue weighted by Gasteiger charge is -2.63. The molecular weight excluding hydrogens is 544 g/mol. The first-order chi connectivity index (χ1) is 20.4. The maximum Gasteiger partial charge on any atom is 0.320 e. The van der Waals surface area contributed by atoms with Crippen LogP contribution >= 0.6 is 0 Å². The van der Waals surface area contributed by atoms with Crippen molar-refractivity contribution >= 4 is 22.8 Å². The number of hydrogen-bond acceptors (Lipinski definition) is 6. The SMILES string of the molecule is CC(CCC(=O)n1cc(CC(N)C(=O)O)c2ccccc21)C1CCC2C3C(O)CC4CC(O)CCC4(C)C3CC(O)C12C. The average Bonchev–Trinajstić information content (AvgIpc) is 3.52. The summed E-state index contributed by atoms with van der Waals surface area (Å²) in [4.78, 5) is 25.0. The zero-order valence-corrected chi connectivity index (χ0v) is 25.9. The van der Waals surface area contributed by atoms with E-state index < -0.39 is 24.2 Å². The summed E-state index contributed by atoms with van der Waals surface area (Å²) in [5.41, 5.74) is 7.09. The number of hydrogen-bond donors (Lipinski definition) is 5. The van der Waals surface area contributed by atoms with E-state index in [2.05, 4.69) is 20.8 Å². The topological polar surface area (TPSA) is 146 Å². The Labute approximate surface area is 254 Å². The number of carboxylic acids is 1. The third kappa shape index (κ3) is 4.97. The van der Waals surface area contributed by atoms with Gasteiger partial charge in [0.15, 0.2) is 0 Å². The number of carboxylic acid groups (broad SMARTS) is 1. The summed E-state index contributed by atoms with van der Waals surface area (Å²) < 4.78 is 1.65. The van der Waals surface area contributed by atoms with E-state index in [1.807, 2.05) is 24.3 Å². The third-order valence-corrected chi connectivity index (χ3v) is 13.2. The van der Waals surface area contributed by atoms with Gasteiger partial charge in [-0.05, 0) is 109 Å². The Morgan fingerprint density at radius 1 is 1.05 bits per heavy atom. The largest absolute Gasteiger partial charge is 0.480 e. The fourth-order valence-corrected chi connectivity index (χ4v) is 10.7. The van der Waals surface area contributed by atoms with E-state index in [9.17, 15) is 30.0 Å². The molecule has 0 aliphatic heterocycles. The van der Waals surface area contributed by atoms with Gasteiger partial charge in [0, 0.05) is 24.4 Å². The first-order valence-electron chi connectivity index (χ1n) is 16.5. The first-order valence-corrected chi connectivity index (χ1v) is 16.5. The van der Waals surface area contributed by atoms with E-state index in [0.717, 1.165) is 55.0 Å². The summed E-state index contributed by atoms with van der Waals surface area (Å²) in [6.07, 6.45) is 7.79. The van der Waals surface area contributed by atoms with Crippen molar-refractivity contribution in [3.63, 3.8) is 0 Å². The zero-order chi connectivity index (χ0) is 30.8. The quantitative estimate of drug-likeness (QED) is 0.315. The molecular formula is C35H50N2O6. The fourth-order valence-electron chi connectivity index (χ4n) is 10.7. The number of carbonyl (C=O) groups excluding carboxylic acids is 1. The Balaban J connectivity index is 1.18. The van der Waals surface area contributed by atoms with E-state index in [4.69, 9.17) is 5.73 Å². The van der Waals surface area contributed by atoms with Crippen molar-refractivity contribution in [1.82, 2.24) is 4.57 Å². The summed E-state index contributed by atoms with van der Waals surface area (Å²) in [7, 11) is 0. The highest BCUT2D eigenvalue weighted by atomic mass is 16.4. The first kappa shape index (κ1) is 30.8. The molecule has 4 saturated carbocycles. The van der Waals surface area contributed by atoms with Crippen LogP contribution in [0.15, 0.2) is 30.5 Å². The van der Waals surface area contributed by atoms with Crippen LogP contribution in [-0.2, 0) is 11.2 Å². The lowest BCUT2D eigenvalue weighted by molar-refractivity contribution is -0.207. The number of aliphatic hydroxyl groups excluding tert-OH is 3. The van der Waals surface area contributed by atoms with Gasteiger partial charge in [-0.25, -0.2) is 0 Å². The van der Waals surface area contributed by atoms with Gasteiger partial charge in [0.1, 0.15) is 6.04 Å². The zero-order valence-electron chi connectivity index (χ0n) is 25.9. The average molecular weight is 595 g/mol. The van der Waals surface area contributed by atoms with Crippen LogP contribution < -0.4 is 5.73 Å². The number of fused-ring (bicyclic) bond motifs is 6. The van der Waals surface area contributed by atoms with Crippen molar-refractivity contribution in [3.05, 3.63) is 36.0 Å². The summed E-state index contributed by atoms with van der Waals surface area (Å²) >= 11 is 0. The number of aliphatic carboxylic acids is 1. The van der Waals surface area contributed by atoms with E-state index in [0.29, 0.717) is 25.2 Å². The van der Waals surface area contributed by atoms with Crippen molar-refractivity contribution in [2.45, 2.75) is 109 Å². The maximum absolute atomic E-state index is 13.6. The molecule has 4 fully saturated rings. The fraction of sp³-hybridized carbons (Fsp3) is 0.714. The minimum absolute atomic E-state index is 0.0247. The molecule has 43 heavy (non-hydrogen) atoms. The van der Waals surface area contributed by atoms with Crippen LogP contribution in [0.4, 0.5) is 0 Å². The number of para-hydroxylation sites is 1. The molecule has 8 heteroatoms. The van der Waals surface area contributed by atoms with Gasteiger partial charge >= 0.3 is 5.97 Å². The summed E-state index contributed by atoms with van der Waals surface area (Å²) in [6.45, 7) is 6.82. The normalized spacial score (nSPS) is 40.3. The molecule has 1 aromatic carbocycles. The van der Waals surface area contributed by atoms with Crippen molar-refractivity contribution in [1.29, 1.82) is 0 Å². The van der Waals surface area contributed by atoms with Gasteiger partial charge in [0.2, 0.25) is 5.91 Å². The smallest absolute Gasteiger partial charge is 0.320 e. The molecule has 2 aromatic rings. The highest BCUT2D eigenvalue weighted by Gasteiger charge is 2.65. The molecule has 4 aliphatic rings. The highest BCUT2D eigenvalue weighted by Crippen LogP contribution is 2.68. The molecule has 8 nitrogen and oxygen atoms in total. The highest BCUT2D eigenvalue weighted by molar-refractivity contribution is 5.94. The Bertz CT molecular complexity index is 1370. The maximum atomic E-state index is 13.6. The number of aliphatic hydroxyl groups is 3. The molecule has 0 radical (unpaired) electrons. The van der Waals surface area contributed by atoms with Crippen molar-refractivity contribution in [2.75, 3.05) is 0 Å². The number of nitrogens with zero attached hydrogens (tertiary/aromatic N) is 1. The molecule has 6 rings (SSSR count). The Morgan fingerprint density at radius 2 is 1.79 bits per heavy atom. The van der Waals surface area contributed by atoms with Crippen LogP contribution in [0.25, 0.3) is 10.9 Å². The summed E-state index contributed by atoms with van der Waals surface area (Å²) in [6, 6.07) is 6.52. The second-order valence-electron chi connectivity index (χ2n) is 15.1. The number of aromatic nitrogens is 1. The molecule has 12 unspecified atom stereocenters. The Hall–Kier alpha value is -2.26. The molecule has 0 saturated heterocycles. The van der Waals surface area contributed by atoms with Crippen molar-refractivity contribution in [3.8, 4) is 0 Å². The Kier molecular flexibility index (Phi) is 8.06. The second-order valence-corrected chi connectivity index (χ2v) is 15.1. The van der Waals surface area contributed by atoms with Crippen molar-refractivity contribution < 1.29 is 30.0 Å². The minimum atomic E-state index is -1.07. The third-order valence-electron chi connectivity index (χ3n) is 13.2. The van der Waals surface area contributed by atoms with Crippen LogP contribution in [0, 0.1) is 46.3 Å². The lowest BCUT2D eigenvalue weighted by atomic mass is 9.43. The standard InChI is InChI=1S/C35H50N2O6/c1-19(8-11-31(41)37-18-20(14-27(36)33(42)43)23-6-4-5-7-28(23)37)24-9-10-25-32-26(17-30(40)35(24,25)3)34(2)13-12-22(38)15-21(34)16-29(32)39/h4-7,18-19,21-22,24-27,29-30,32,38-40H,8-17,36H2,1-3H3,(H,42,43). The van der Waals surface area contributed by atoms with E-state index >= 15 is 0 Å². The van der Waals surface area contributed by atoms with Crippen LogP contribution in [0.2, 0.25) is 0 Å². The molecule has 12 atom stereocenters. The number of carbonyl (C=O) groups is 2. The molecule has 4 aliphatic carbocycles. The molecule has 236 valence electrons. The van der Waals surface area contributed by atoms with Gasteiger partial charge in [-0.1, -0.05) is 39.0 Å². The molecule has 1 aromatic heterocycles. The molecule has 0 amide bonds. The predicted molar refractivity (Wildman–Crippen MR) is 164 cm³/mol. The van der Waals surface area contributed by atoms with E-state index in [-0.39, 0.29) is 58.9 Å². The number of rotatable bonds is 7. The van der Waals surface area contributed by atoms with Crippen LogP contribution in [-0.4, -0.2) is 61.2 Å². The monoisotopic (exact) mass is 594 g/mol. The minimum Gasteiger partial charge on any atom is -0.480 e. The number of nitrogens with two attached hydrogens (primary N) is 1. The summed E-state index contributed by atoms with van der Waals surface area (Å²) in [5.74, 6) is 0.383. The van der Waals surface area contributed by atoms with Crippen LogP contribution in [0.5, 0.6) is 0 Å². The van der Waals surface area contributed by atoms with Gasteiger partial charge in [0.25, 0.3) is 0 Å². The van der Waals surface area contributed by atoms with Gasteiger partial charge in [-0.2, -0.15) is 0 Å². The second kappa shape index (κ2) is 11.3. The molecule has 0 spiro atoms. The van der Waals surface area contributed by atoms with E-state index in [1.54, 1.807) is 10.8 Å². The number of benzene rings is 1. The van der Waals surface area contributed by atoms with Gasteiger partial charge in [-0.3, -0.25) is 14.2 Å². The molecule has 0 bridgehead atoms. The van der Waals surface area contributed by atoms with Gasteiger partial charge in [-0.15, -0.1) is 0 Å². The van der Waals surface area contributed by atoms with E-state index in [1.165, 1.54) is 0 Å². The molecule has 1 heterocycles. The summed E-state index contributed by atoms with van der Waals surface area (Å²) in [5, 5.41) is 43.9. The predicted octanol–water partition coefficient (Wildman–Crippen LogP) is 4.61. The Morgan fingerprint density at radius 3 is 2.53 bits per heavy atom. The van der Waals surface area contributed by atoms with Crippen LogP contribution in [0.1, 0.15) is 88.9 Å².